The van der Waals surface area contributed by atoms with Gasteiger partial charge in [-0.1, -0.05) is 11.3 Å². The lowest BCUT2D eigenvalue weighted by molar-refractivity contribution is 0.0990. The molecule has 0 aliphatic rings. The van der Waals surface area contributed by atoms with E-state index in [1.54, 1.807) is 23.0 Å². The van der Waals surface area contributed by atoms with E-state index in [4.69, 9.17) is 13.9 Å². The van der Waals surface area contributed by atoms with Crippen LogP contribution in [-0.4, -0.2) is 51.2 Å². The molecule has 0 saturated heterocycles. The number of methoxy groups -OCH3 is 1. The summed E-state index contributed by atoms with van der Waals surface area (Å²) in [5, 5.41) is 24.8. The second-order valence-electron chi connectivity index (χ2n) is 6.72. The maximum atomic E-state index is 12.9. The van der Waals surface area contributed by atoms with Gasteiger partial charge in [0.25, 0.3) is 5.91 Å². The Hall–Kier alpha value is -4.41. The van der Waals surface area contributed by atoms with Crippen LogP contribution in [0.25, 0.3) is 16.4 Å². The van der Waals surface area contributed by atoms with Crippen LogP contribution in [0, 0.1) is 18.3 Å². The average molecular weight is 479 g/mol. The summed E-state index contributed by atoms with van der Waals surface area (Å²) in [4.78, 5) is 29.8. The van der Waals surface area contributed by atoms with Crippen molar-refractivity contribution in [2.75, 3.05) is 25.6 Å². The molecule has 0 bridgehead atoms. The Kier molecular flexibility index (Phi) is 6.72. The summed E-state index contributed by atoms with van der Waals surface area (Å²) < 4.78 is 17.3. The Bertz CT molecular complexity index is 1440. The highest BCUT2D eigenvalue weighted by Gasteiger charge is 2.22. The molecule has 4 aromatic rings. The minimum absolute atomic E-state index is 0.0505. The number of ether oxygens (including phenoxy) is 2. The third kappa shape index (κ3) is 4.68. The molecule has 0 unspecified atom stereocenters. The van der Waals surface area contributed by atoms with Crippen LogP contribution in [0.3, 0.4) is 0 Å². The second kappa shape index (κ2) is 10.0. The highest BCUT2D eigenvalue weighted by molar-refractivity contribution is 7.17. The van der Waals surface area contributed by atoms with Crippen molar-refractivity contribution < 1.29 is 18.7 Å². The predicted molar refractivity (Wildman–Crippen MR) is 120 cm³/mol. The maximum absolute atomic E-state index is 12.9. The Labute approximate surface area is 196 Å². The van der Waals surface area contributed by atoms with Gasteiger partial charge in [-0.3, -0.25) is 15.1 Å². The number of amides is 1. The molecule has 13 heteroatoms. The lowest BCUT2D eigenvalue weighted by Gasteiger charge is -2.11. The minimum Gasteiger partial charge on any atom is -0.484 e. The third-order valence-corrected chi connectivity index (χ3v) is 5.31. The Morgan fingerprint density at radius 3 is 2.88 bits per heavy atom. The first-order chi connectivity index (χ1) is 16.5. The number of carbonyl (C=O) groups excluding carboxylic acids is 1. The number of aryl methyl sites for hydroxylation is 1. The van der Waals surface area contributed by atoms with E-state index in [9.17, 15) is 14.9 Å². The summed E-state index contributed by atoms with van der Waals surface area (Å²) in [5.41, 5.74) is 0.446. The molecule has 0 spiro atoms. The number of rotatable bonds is 8. The quantitative estimate of drug-likeness (QED) is 0.371. The van der Waals surface area contributed by atoms with E-state index in [-0.39, 0.29) is 46.7 Å². The van der Waals surface area contributed by atoms with Crippen molar-refractivity contribution in [3.63, 3.8) is 0 Å². The van der Waals surface area contributed by atoms with E-state index in [0.29, 0.717) is 5.13 Å². The van der Waals surface area contributed by atoms with Crippen LogP contribution >= 0.6 is 11.3 Å². The first kappa shape index (κ1) is 22.8. The summed E-state index contributed by atoms with van der Waals surface area (Å²) in [5.74, 6) is -1.24. The van der Waals surface area contributed by atoms with Gasteiger partial charge in [-0.25, -0.2) is 9.48 Å². The number of aromatic nitrogens is 5. The van der Waals surface area contributed by atoms with Crippen LogP contribution in [0.2, 0.25) is 0 Å². The number of nitrogens with one attached hydrogen (secondary N) is 1. The maximum Gasteiger partial charge on any atom is 0.379 e. The third-order valence-electron chi connectivity index (χ3n) is 4.50. The molecule has 0 aromatic carbocycles. The van der Waals surface area contributed by atoms with Gasteiger partial charge in [-0.2, -0.15) is 10.4 Å². The molecule has 4 rings (SSSR count). The van der Waals surface area contributed by atoms with Crippen LogP contribution in [0.15, 0.2) is 45.9 Å². The van der Waals surface area contributed by atoms with Crippen molar-refractivity contribution in [3.05, 3.63) is 64.1 Å². The van der Waals surface area contributed by atoms with Gasteiger partial charge >= 0.3 is 5.63 Å². The molecule has 0 radical (unpaired) electrons. The van der Waals surface area contributed by atoms with Gasteiger partial charge in [0.1, 0.15) is 12.7 Å². The van der Waals surface area contributed by atoms with Gasteiger partial charge in [0.15, 0.2) is 5.76 Å². The molecule has 34 heavy (non-hydrogen) atoms. The molecule has 12 nitrogen and oxygen atoms in total. The van der Waals surface area contributed by atoms with Crippen LogP contribution < -0.4 is 15.7 Å². The van der Waals surface area contributed by atoms with E-state index < -0.39 is 11.5 Å². The molecule has 0 aliphatic heterocycles. The standard InChI is InChI=1S/C21H17N7O5S/c1-12-5-7-24-28(12)21-27-26-20(34-21)25-18(29)15-10-14(16-13(11-22)4-3-6-23-16)17(19(30)33-15)32-9-8-31-2/h3-7,10H,8-9H2,1-2H3,(H,25,26,29). The highest BCUT2D eigenvalue weighted by Crippen LogP contribution is 2.29. The molecule has 1 amide bonds. The lowest BCUT2D eigenvalue weighted by Crippen LogP contribution is -2.18. The number of carbonyl (C=O) groups is 1. The SMILES string of the molecule is COCCOc1c(-c2ncccc2C#N)cc(C(=O)Nc2nnc(-n3nccc3C)s2)oc1=O. The number of hydrogen-bond donors (Lipinski definition) is 1. The van der Waals surface area contributed by atoms with Crippen molar-refractivity contribution in [2.45, 2.75) is 6.92 Å². The summed E-state index contributed by atoms with van der Waals surface area (Å²) in [7, 11) is 1.49. The van der Waals surface area contributed by atoms with Crippen molar-refractivity contribution in [1.82, 2.24) is 25.0 Å². The molecule has 1 N–H and O–H groups in total. The zero-order valence-corrected chi connectivity index (χ0v) is 18.8. The van der Waals surface area contributed by atoms with Gasteiger partial charge in [0.2, 0.25) is 16.0 Å². The van der Waals surface area contributed by atoms with E-state index in [0.717, 1.165) is 17.0 Å². The van der Waals surface area contributed by atoms with Crippen LogP contribution in [0.5, 0.6) is 5.75 Å². The van der Waals surface area contributed by atoms with Gasteiger partial charge in [0, 0.05) is 31.3 Å². The fourth-order valence-electron chi connectivity index (χ4n) is 2.92. The summed E-state index contributed by atoms with van der Waals surface area (Å²) in [6, 6.07) is 8.24. The van der Waals surface area contributed by atoms with Gasteiger partial charge in [-0.15, -0.1) is 10.2 Å². The van der Waals surface area contributed by atoms with Gasteiger partial charge in [-0.05, 0) is 25.1 Å². The highest BCUT2D eigenvalue weighted by atomic mass is 32.1. The van der Waals surface area contributed by atoms with Gasteiger partial charge < -0.3 is 13.9 Å². The van der Waals surface area contributed by atoms with E-state index in [1.165, 1.54) is 25.4 Å². The zero-order chi connectivity index (χ0) is 24.1. The normalized spacial score (nSPS) is 10.6. The van der Waals surface area contributed by atoms with Crippen LogP contribution in [0.4, 0.5) is 5.13 Å². The topological polar surface area (TPSA) is 158 Å². The molecular formula is C21H17N7O5S. The number of pyridine rings is 1. The molecule has 0 aliphatic carbocycles. The van der Waals surface area contributed by atoms with Crippen molar-refractivity contribution >= 4 is 22.4 Å². The first-order valence-corrected chi connectivity index (χ1v) is 10.6. The number of nitriles is 1. The molecule has 0 saturated carbocycles. The van der Waals surface area contributed by atoms with Crippen LogP contribution in [0.1, 0.15) is 21.8 Å². The molecular weight excluding hydrogens is 462 g/mol. The molecule has 0 atom stereocenters. The van der Waals surface area contributed by atoms with Crippen molar-refractivity contribution in [1.29, 1.82) is 5.26 Å². The zero-order valence-electron chi connectivity index (χ0n) is 18.0. The fourth-order valence-corrected chi connectivity index (χ4v) is 3.68. The molecule has 4 aromatic heterocycles. The van der Waals surface area contributed by atoms with Crippen molar-refractivity contribution in [3.8, 4) is 28.2 Å². The number of nitrogens with zero attached hydrogens (tertiary/aromatic N) is 6. The summed E-state index contributed by atoms with van der Waals surface area (Å²) >= 11 is 1.09. The minimum atomic E-state index is -0.904. The van der Waals surface area contributed by atoms with E-state index in [1.807, 2.05) is 13.0 Å². The lowest BCUT2D eigenvalue weighted by atomic mass is 10.1. The Balaban J connectivity index is 1.68. The average Bonchev–Trinajstić information content (AvgIpc) is 3.48. The summed E-state index contributed by atoms with van der Waals surface area (Å²) in [6.45, 7) is 2.12. The van der Waals surface area contributed by atoms with E-state index >= 15 is 0 Å². The first-order valence-electron chi connectivity index (χ1n) is 9.83. The molecule has 0 fully saturated rings. The summed E-state index contributed by atoms with van der Waals surface area (Å²) in [6.07, 6.45) is 3.08. The largest absolute Gasteiger partial charge is 0.484 e. The molecule has 172 valence electrons. The van der Waals surface area contributed by atoms with Crippen molar-refractivity contribution in [2.24, 2.45) is 0 Å². The predicted octanol–water partition coefficient (Wildman–Crippen LogP) is 2.20. The second-order valence-corrected chi connectivity index (χ2v) is 7.68. The van der Waals surface area contributed by atoms with E-state index in [2.05, 4.69) is 25.6 Å². The Morgan fingerprint density at radius 1 is 1.29 bits per heavy atom. The number of hydrogen-bond acceptors (Lipinski definition) is 11. The number of anilines is 1. The van der Waals surface area contributed by atoms with Crippen LogP contribution in [-0.2, 0) is 4.74 Å². The molecule has 4 heterocycles. The Morgan fingerprint density at radius 2 is 2.15 bits per heavy atom. The fraction of sp³-hybridized carbons (Fsp3) is 0.190. The smallest absolute Gasteiger partial charge is 0.379 e. The monoisotopic (exact) mass is 479 g/mol. The van der Waals surface area contributed by atoms with Gasteiger partial charge in [0.05, 0.1) is 23.4 Å².